The van der Waals surface area contributed by atoms with E-state index in [-0.39, 0.29) is 42.1 Å². The molecule has 2 saturated heterocycles. The van der Waals surface area contributed by atoms with Crippen LogP contribution in [0.4, 0.5) is 9.93 Å². The molecule has 4 N–H and O–H groups in total. The first kappa shape index (κ1) is 46.8. The fourth-order valence-electron chi connectivity index (χ4n) is 9.57. The largest absolute Gasteiger partial charge is 0.491 e. The summed E-state index contributed by atoms with van der Waals surface area (Å²) in [5.41, 5.74) is -0.994. The number of rotatable bonds is 16. The zero-order valence-corrected chi connectivity index (χ0v) is 39.9. The number of aliphatic carboxylic acids is 1. The van der Waals surface area contributed by atoms with E-state index < -0.39 is 58.9 Å². The van der Waals surface area contributed by atoms with Crippen molar-refractivity contribution in [2.24, 2.45) is 23.2 Å². The number of thiazole rings is 1. The van der Waals surface area contributed by atoms with Gasteiger partial charge in [-0.3, -0.25) is 14.5 Å². The lowest BCUT2D eigenvalue weighted by molar-refractivity contribution is -0.146. The fraction of sp³-hybridized carbons (Fsp3) is 0.617. The molecule has 18 heteroatoms. The summed E-state index contributed by atoms with van der Waals surface area (Å²) in [7, 11) is 0. The van der Waals surface area contributed by atoms with Crippen LogP contribution in [0.3, 0.4) is 0 Å². The number of carbonyl (C=O) groups excluding carboxylic acids is 3. The molecule has 5 fully saturated rings. The average Bonchev–Trinajstić information content (AvgIpc) is 3.91. The first-order chi connectivity index (χ1) is 30.8. The molecule has 0 bridgehead atoms. The number of pyridine rings is 1. The van der Waals surface area contributed by atoms with Gasteiger partial charge in [-0.05, 0) is 82.8 Å². The molecule has 65 heavy (non-hydrogen) atoms. The minimum atomic E-state index is -1.54. The second kappa shape index (κ2) is 18.2. The highest BCUT2D eigenvalue weighted by atomic mass is 35.5. The molecular weight excluding hydrogens is 874 g/mol. The molecule has 3 amide bonds. The van der Waals surface area contributed by atoms with Crippen molar-refractivity contribution in [1.82, 2.24) is 30.4 Å². The van der Waals surface area contributed by atoms with Crippen LogP contribution in [0.2, 0.25) is 5.02 Å². The summed E-state index contributed by atoms with van der Waals surface area (Å²) < 4.78 is 24.6. The summed E-state index contributed by atoms with van der Waals surface area (Å²) in [6.07, 6.45) is 2.84. The number of halogens is 1. The molecule has 5 aliphatic rings. The second-order valence-electron chi connectivity index (χ2n) is 20.3. The number of nitrogens with one attached hydrogen (secondary N) is 3. The molecule has 8 atom stereocenters. The normalized spacial score (nSPS) is 27.4. The zero-order chi connectivity index (χ0) is 46.6. The van der Waals surface area contributed by atoms with Crippen LogP contribution in [-0.4, -0.2) is 130 Å². The summed E-state index contributed by atoms with van der Waals surface area (Å²) >= 11 is 8.60. The maximum Gasteiger partial charge on any atom is 0.408 e. The maximum atomic E-state index is 14.8. The van der Waals surface area contributed by atoms with E-state index in [0.717, 1.165) is 25.8 Å². The molecule has 3 aromatic rings. The summed E-state index contributed by atoms with van der Waals surface area (Å²) in [6, 6.07) is 3.30. The first-order valence-corrected chi connectivity index (χ1v) is 24.0. The number of hydrogen-bond acceptors (Lipinski definition) is 13. The number of carboxylic acid groups (broad SMARTS) is 1. The van der Waals surface area contributed by atoms with Gasteiger partial charge in [0.1, 0.15) is 58.7 Å². The molecule has 1 aromatic carbocycles. The number of carboxylic acids is 1. The summed E-state index contributed by atoms with van der Waals surface area (Å²) in [5.74, 6) is -0.805. The Morgan fingerprint density at radius 3 is 2.49 bits per heavy atom. The number of anilines is 1. The van der Waals surface area contributed by atoms with Crippen LogP contribution in [0.15, 0.2) is 36.2 Å². The van der Waals surface area contributed by atoms with Crippen LogP contribution < -0.4 is 25.4 Å². The van der Waals surface area contributed by atoms with E-state index in [0.29, 0.717) is 77.1 Å². The van der Waals surface area contributed by atoms with Gasteiger partial charge >= 0.3 is 12.1 Å². The number of ether oxygens (including phenoxy) is 4. The van der Waals surface area contributed by atoms with E-state index in [1.165, 1.54) is 22.3 Å². The molecule has 0 unspecified atom stereocenters. The lowest BCUT2D eigenvalue weighted by Gasteiger charge is -2.41. The Labute approximate surface area is 389 Å². The highest BCUT2D eigenvalue weighted by Crippen LogP contribution is 2.52. The van der Waals surface area contributed by atoms with E-state index in [4.69, 9.17) is 40.5 Å². The van der Waals surface area contributed by atoms with Crippen LogP contribution in [-0.2, 0) is 23.9 Å². The van der Waals surface area contributed by atoms with Gasteiger partial charge in [0, 0.05) is 53.8 Å². The van der Waals surface area contributed by atoms with Crippen LogP contribution in [0.25, 0.3) is 22.3 Å². The third-order valence-electron chi connectivity index (χ3n) is 13.5. The molecule has 4 heterocycles. The number of nitrogens with zero attached hydrogens (tertiary/aromatic N) is 4. The Morgan fingerprint density at radius 1 is 1.08 bits per heavy atom. The van der Waals surface area contributed by atoms with E-state index in [2.05, 4.69) is 41.3 Å². The van der Waals surface area contributed by atoms with Crippen LogP contribution in [0, 0.1) is 23.2 Å². The predicted octanol–water partition coefficient (Wildman–Crippen LogP) is 6.75. The molecular formula is C47H62ClN7O9S. The van der Waals surface area contributed by atoms with Crippen molar-refractivity contribution < 1.29 is 43.2 Å². The number of aromatic nitrogens is 2. The lowest BCUT2D eigenvalue weighted by atomic mass is 9.85. The van der Waals surface area contributed by atoms with Crippen molar-refractivity contribution in [3.63, 3.8) is 0 Å². The van der Waals surface area contributed by atoms with Gasteiger partial charge in [0.05, 0.1) is 31.0 Å². The smallest absolute Gasteiger partial charge is 0.408 e. The van der Waals surface area contributed by atoms with E-state index in [9.17, 15) is 24.3 Å². The third-order valence-corrected chi connectivity index (χ3v) is 14.6. The number of likely N-dealkylation sites (tertiary alicyclic amines) is 1. The van der Waals surface area contributed by atoms with Crippen molar-refractivity contribution >= 4 is 62.8 Å². The van der Waals surface area contributed by atoms with Gasteiger partial charge in [0.15, 0.2) is 5.13 Å². The molecule has 3 saturated carbocycles. The SMILES string of the molecule is C=C[C@@H]1C[C@]1(NC(=O)[C@@H]1C[C@@H](Oc2cc(-c3csc(NC(C)C)n3)nc3c(Cl)c(OCCN4CCOCC4(C)C)ccc23)CN1C(=O)[C@@H](NC(=O)O[C@@H]1C[C@@H]2C[C@@H]2C1)C(C)(C)C)C(=O)O. The van der Waals surface area contributed by atoms with Gasteiger partial charge in [-0.1, -0.05) is 38.4 Å². The fourth-order valence-corrected chi connectivity index (χ4v) is 10.7. The predicted molar refractivity (Wildman–Crippen MR) is 247 cm³/mol. The van der Waals surface area contributed by atoms with Gasteiger partial charge in [0.25, 0.3) is 0 Å². The second-order valence-corrected chi connectivity index (χ2v) is 21.5. The molecule has 2 aliphatic heterocycles. The number of carbonyl (C=O) groups is 4. The van der Waals surface area contributed by atoms with Gasteiger partial charge in [-0.2, -0.15) is 0 Å². The molecule has 2 aromatic heterocycles. The molecule has 352 valence electrons. The number of fused-ring (bicyclic) bond motifs is 2. The Bertz CT molecular complexity index is 2330. The van der Waals surface area contributed by atoms with Gasteiger partial charge in [-0.15, -0.1) is 17.9 Å². The van der Waals surface area contributed by atoms with Crippen LogP contribution in [0.1, 0.15) is 80.6 Å². The topological polar surface area (TPSA) is 194 Å². The van der Waals surface area contributed by atoms with Crippen molar-refractivity contribution in [1.29, 1.82) is 0 Å². The Morgan fingerprint density at radius 2 is 1.83 bits per heavy atom. The number of alkyl carbamates (subject to hydrolysis) is 1. The van der Waals surface area contributed by atoms with Crippen molar-refractivity contribution in [2.45, 2.75) is 122 Å². The zero-order valence-electron chi connectivity index (χ0n) is 38.3. The first-order valence-electron chi connectivity index (χ1n) is 22.7. The number of morpholine rings is 1. The van der Waals surface area contributed by atoms with E-state index in [1.807, 2.05) is 46.1 Å². The van der Waals surface area contributed by atoms with Crippen LogP contribution in [0.5, 0.6) is 11.5 Å². The lowest BCUT2D eigenvalue weighted by Crippen LogP contribution is -2.59. The highest BCUT2D eigenvalue weighted by molar-refractivity contribution is 7.14. The van der Waals surface area contributed by atoms with Crippen molar-refractivity contribution in [2.75, 3.05) is 44.8 Å². The summed E-state index contributed by atoms with van der Waals surface area (Å²) in [4.78, 5) is 68.6. The van der Waals surface area contributed by atoms with Crippen molar-refractivity contribution in [3.8, 4) is 22.9 Å². The molecule has 16 nitrogen and oxygen atoms in total. The minimum Gasteiger partial charge on any atom is -0.491 e. The minimum absolute atomic E-state index is 0.0172. The van der Waals surface area contributed by atoms with Crippen LogP contribution >= 0.6 is 22.9 Å². The van der Waals surface area contributed by atoms with Gasteiger partial charge in [-0.25, -0.2) is 19.6 Å². The summed E-state index contributed by atoms with van der Waals surface area (Å²) in [6.45, 7) is 20.6. The average molecular weight is 937 g/mol. The van der Waals surface area contributed by atoms with E-state index in [1.54, 1.807) is 12.1 Å². The Balaban J connectivity index is 1.09. The maximum absolute atomic E-state index is 14.8. The molecule has 0 radical (unpaired) electrons. The molecule has 0 spiro atoms. The molecule has 8 rings (SSSR count). The Kier molecular flexibility index (Phi) is 13.1. The van der Waals surface area contributed by atoms with Gasteiger partial charge < -0.3 is 44.9 Å². The van der Waals surface area contributed by atoms with Gasteiger partial charge in [0.2, 0.25) is 11.8 Å². The molecule has 3 aliphatic carbocycles. The third kappa shape index (κ3) is 10.0. The summed E-state index contributed by atoms with van der Waals surface area (Å²) in [5, 5.41) is 22.6. The number of hydrogen-bond donors (Lipinski definition) is 4. The monoisotopic (exact) mass is 935 g/mol. The standard InChI is InChI=1S/C47H62ClN7O9S/c1-9-28-21-47(28,42(58)59)53-40(56)34-19-30(22-55(34)41(57)39(45(4,5)6)52-44(60)64-29-17-26-16-27(26)18-29)63-36-20-32(33-23-65-43(51-33)49-25(2)3)50-38-31(36)10-11-35(37(38)48)62-15-13-54-12-14-61-24-46(54,7)8/h9-11,20,23,25-30,34,39H,1,12-19,21-22,24H2,2-8H3,(H,49,51)(H,52,60)(H,53,56)(H,58,59)/t26-,27+,28-,29+,30-,34+,39-,47-/m1/s1. The quantitative estimate of drug-likeness (QED) is 0.110. The number of amides is 3. The Hall–Kier alpha value is -4.71. The van der Waals surface area contributed by atoms with E-state index >= 15 is 0 Å². The highest BCUT2D eigenvalue weighted by Gasteiger charge is 2.61. The van der Waals surface area contributed by atoms with Crippen molar-refractivity contribution in [3.05, 3.63) is 41.3 Å². The number of benzene rings is 1.